The molecule has 28 heavy (non-hydrogen) atoms. The number of piperidine rings is 1. The number of hydrogen-bond donors (Lipinski definition) is 0. The summed E-state index contributed by atoms with van der Waals surface area (Å²) in [5.74, 6) is 0.782. The van der Waals surface area contributed by atoms with Crippen LogP contribution in [-0.4, -0.2) is 39.9 Å². The molecule has 1 fully saturated rings. The summed E-state index contributed by atoms with van der Waals surface area (Å²) in [5, 5.41) is 0. The third-order valence-corrected chi connectivity index (χ3v) is 6.23. The molecule has 0 saturated carbocycles. The van der Waals surface area contributed by atoms with Gasteiger partial charge in [0.25, 0.3) is 5.56 Å². The van der Waals surface area contributed by atoms with Crippen LogP contribution in [0.15, 0.2) is 47.4 Å². The highest BCUT2D eigenvalue weighted by atomic mass is 16.2. The van der Waals surface area contributed by atoms with Crippen molar-refractivity contribution in [3.8, 4) is 0 Å². The van der Waals surface area contributed by atoms with Gasteiger partial charge in [0.05, 0.1) is 0 Å². The van der Waals surface area contributed by atoms with Crippen LogP contribution in [0.1, 0.15) is 36.0 Å². The van der Waals surface area contributed by atoms with E-state index in [1.165, 1.54) is 11.1 Å². The summed E-state index contributed by atoms with van der Waals surface area (Å²) < 4.78 is 1.60. The zero-order valence-corrected chi connectivity index (χ0v) is 16.6. The Balaban J connectivity index is 1.26. The number of rotatable bonds is 4. The number of nitrogens with zero attached hydrogens (tertiary/aromatic N) is 3. The van der Waals surface area contributed by atoms with E-state index in [0.717, 1.165) is 57.5 Å². The van der Waals surface area contributed by atoms with Crippen LogP contribution in [0.5, 0.6) is 0 Å². The van der Waals surface area contributed by atoms with Crippen LogP contribution in [-0.2, 0) is 31.4 Å². The molecule has 1 amide bonds. The molecule has 2 aliphatic rings. The van der Waals surface area contributed by atoms with E-state index in [9.17, 15) is 9.59 Å². The third kappa shape index (κ3) is 4.36. The van der Waals surface area contributed by atoms with Crippen molar-refractivity contribution in [2.45, 2.75) is 38.8 Å². The first-order valence-electron chi connectivity index (χ1n) is 10.3. The normalized spacial score (nSPS) is 18.1. The number of benzene rings is 1. The second-order valence-electron chi connectivity index (χ2n) is 8.24. The van der Waals surface area contributed by atoms with Crippen molar-refractivity contribution in [2.75, 3.05) is 19.6 Å². The zero-order chi connectivity index (χ0) is 19.5. The number of carbonyl (C=O) groups is 1. The number of carbonyl (C=O) groups excluding carboxylic acids is 1. The van der Waals surface area contributed by atoms with Crippen LogP contribution in [0.4, 0.5) is 0 Å². The number of hydrogen-bond acceptors (Lipinski definition) is 3. The molecule has 0 bridgehead atoms. The molecule has 0 unspecified atom stereocenters. The maximum Gasteiger partial charge on any atom is 0.250 e. The number of amides is 1. The zero-order valence-electron chi connectivity index (χ0n) is 16.6. The molecule has 148 valence electrons. The number of pyridine rings is 1. The van der Waals surface area contributed by atoms with Gasteiger partial charge in [-0.25, -0.2) is 0 Å². The van der Waals surface area contributed by atoms with Crippen LogP contribution in [0, 0.1) is 5.92 Å². The summed E-state index contributed by atoms with van der Waals surface area (Å²) in [6.45, 7) is 4.42. The van der Waals surface area contributed by atoms with Gasteiger partial charge >= 0.3 is 0 Å². The molecule has 4 rings (SSSR count). The van der Waals surface area contributed by atoms with Gasteiger partial charge in [-0.15, -0.1) is 0 Å². The summed E-state index contributed by atoms with van der Waals surface area (Å²) >= 11 is 0. The summed E-state index contributed by atoms with van der Waals surface area (Å²) in [7, 11) is 1.77. The highest BCUT2D eigenvalue weighted by Crippen LogP contribution is 2.25. The maximum atomic E-state index is 12.8. The smallest absolute Gasteiger partial charge is 0.250 e. The predicted octanol–water partition coefficient (Wildman–Crippen LogP) is 2.57. The van der Waals surface area contributed by atoms with E-state index in [2.05, 4.69) is 29.2 Å². The Morgan fingerprint density at radius 1 is 1.07 bits per heavy atom. The van der Waals surface area contributed by atoms with Gasteiger partial charge in [-0.2, -0.15) is 0 Å². The molecule has 5 nitrogen and oxygen atoms in total. The van der Waals surface area contributed by atoms with Crippen molar-refractivity contribution in [1.29, 1.82) is 0 Å². The largest absolute Gasteiger partial charge is 0.338 e. The van der Waals surface area contributed by atoms with Crippen LogP contribution in [0.3, 0.4) is 0 Å². The maximum absolute atomic E-state index is 12.8. The molecule has 1 aromatic heterocycles. The molecule has 0 aliphatic carbocycles. The lowest BCUT2D eigenvalue weighted by atomic mass is 9.92. The van der Waals surface area contributed by atoms with E-state index >= 15 is 0 Å². The number of likely N-dealkylation sites (tertiary alicyclic amines) is 1. The van der Waals surface area contributed by atoms with Gasteiger partial charge in [0, 0.05) is 45.4 Å². The van der Waals surface area contributed by atoms with Crippen molar-refractivity contribution in [1.82, 2.24) is 14.4 Å². The van der Waals surface area contributed by atoms with Gasteiger partial charge in [-0.3, -0.25) is 14.5 Å². The highest BCUT2D eigenvalue weighted by molar-refractivity contribution is 5.76. The average Bonchev–Trinajstić information content (AvgIpc) is 2.72. The minimum Gasteiger partial charge on any atom is -0.338 e. The molecule has 1 saturated heterocycles. The van der Waals surface area contributed by atoms with Crippen LogP contribution >= 0.6 is 0 Å². The summed E-state index contributed by atoms with van der Waals surface area (Å²) in [4.78, 5) is 29.0. The molecule has 2 aliphatic heterocycles. The summed E-state index contributed by atoms with van der Waals surface area (Å²) in [5.41, 5.74) is 3.80. The number of fused-ring (bicyclic) bond motifs is 1. The number of aryl methyl sites for hydroxylation is 1. The minimum absolute atomic E-state index is 0.0427. The van der Waals surface area contributed by atoms with E-state index in [1.54, 1.807) is 17.7 Å². The first kappa shape index (κ1) is 18.9. The first-order valence-corrected chi connectivity index (χ1v) is 10.3. The molecular weight excluding hydrogens is 350 g/mol. The average molecular weight is 380 g/mol. The summed E-state index contributed by atoms with van der Waals surface area (Å²) in [6, 6.07) is 12.2. The Morgan fingerprint density at radius 2 is 1.82 bits per heavy atom. The lowest BCUT2D eigenvalue weighted by Gasteiger charge is -2.34. The fourth-order valence-corrected chi connectivity index (χ4v) is 4.38. The van der Waals surface area contributed by atoms with Crippen LogP contribution in [0.25, 0.3) is 0 Å². The Hall–Kier alpha value is -2.40. The lowest BCUT2D eigenvalue weighted by molar-refractivity contribution is -0.133. The Kier molecular flexibility index (Phi) is 5.62. The Bertz CT molecular complexity index is 897. The topological polar surface area (TPSA) is 45.6 Å². The first-order chi connectivity index (χ1) is 13.6. The van der Waals surface area contributed by atoms with Gasteiger partial charge in [0.2, 0.25) is 5.91 Å². The standard InChI is InChI=1S/C23H29N3O2/c1-24-10-6-19(15-22(24)27)16-25-11-7-18(8-12-25)14-23(28)26-13-9-20-4-2-3-5-21(20)17-26/h2-6,10,15,18H,7-9,11-14,16-17H2,1H3. The van der Waals surface area contributed by atoms with Crippen molar-refractivity contribution in [2.24, 2.45) is 13.0 Å². The van der Waals surface area contributed by atoms with Crippen molar-refractivity contribution in [3.63, 3.8) is 0 Å². The van der Waals surface area contributed by atoms with Gasteiger partial charge < -0.3 is 9.47 Å². The Labute approximate surface area is 166 Å². The predicted molar refractivity (Wildman–Crippen MR) is 110 cm³/mol. The van der Waals surface area contributed by atoms with Crippen molar-refractivity contribution in [3.05, 3.63) is 69.6 Å². The fraction of sp³-hybridized carbons (Fsp3) is 0.478. The van der Waals surface area contributed by atoms with Crippen molar-refractivity contribution < 1.29 is 4.79 Å². The monoisotopic (exact) mass is 379 g/mol. The number of aromatic nitrogens is 1. The van der Waals surface area contributed by atoms with Gasteiger partial charge in [0.15, 0.2) is 0 Å². The van der Waals surface area contributed by atoms with Crippen molar-refractivity contribution >= 4 is 5.91 Å². The van der Waals surface area contributed by atoms with E-state index in [0.29, 0.717) is 18.2 Å². The highest BCUT2D eigenvalue weighted by Gasteiger charge is 2.26. The third-order valence-electron chi connectivity index (χ3n) is 6.23. The Morgan fingerprint density at radius 3 is 2.57 bits per heavy atom. The minimum atomic E-state index is 0.0427. The van der Waals surface area contributed by atoms with E-state index in [-0.39, 0.29) is 5.56 Å². The van der Waals surface area contributed by atoms with E-state index in [1.807, 2.05) is 17.2 Å². The molecule has 0 atom stereocenters. The molecule has 2 aromatic rings. The molecule has 0 N–H and O–H groups in total. The van der Waals surface area contributed by atoms with E-state index < -0.39 is 0 Å². The second kappa shape index (κ2) is 8.31. The second-order valence-corrected chi connectivity index (χ2v) is 8.24. The van der Waals surface area contributed by atoms with Crippen LogP contribution < -0.4 is 5.56 Å². The molecule has 0 spiro atoms. The lowest BCUT2D eigenvalue weighted by Crippen LogP contribution is -2.39. The van der Waals surface area contributed by atoms with E-state index in [4.69, 9.17) is 0 Å². The van der Waals surface area contributed by atoms with Crippen LogP contribution in [0.2, 0.25) is 0 Å². The van der Waals surface area contributed by atoms with Gasteiger partial charge in [-0.1, -0.05) is 24.3 Å². The molecular formula is C23H29N3O2. The van der Waals surface area contributed by atoms with Gasteiger partial charge in [0.1, 0.15) is 0 Å². The summed E-state index contributed by atoms with van der Waals surface area (Å²) in [6.07, 6.45) is 5.58. The molecule has 3 heterocycles. The molecule has 5 heteroatoms. The SMILES string of the molecule is Cn1ccc(CN2CCC(CC(=O)N3CCc4ccccc4C3)CC2)cc1=O. The quantitative estimate of drug-likeness (QED) is 0.820. The molecule has 1 aromatic carbocycles. The molecule has 0 radical (unpaired) electrons. The van der Waals surface area contributed by atoms with Gasteiger partial charge in [-0.05, 0) is 61.0 Å². The fourth-order valence-electron chi connectivity index (χ4n) is 4.38.